The van der Waals surface area contributed by atoms with E-state index in [4.69, 9.17) is 16.3 Å². The zero-order valence-electron chi connectivity index (χ0n) is 19.1. The number of methoxy groups -OCH3 is 1. The lowest BCUT2D eigenvalue weighted by Gasteiger charge is -2.19. The number of fused-ring (bicyclic) bond motifs is 1. The third kappa shape index (κ3) is 6.21. The number of nitrogens with one attached hydrogen (secondary N) is 2. The molecule has 0 spiro atoms. The van der Waals surface area contributed by atoms with Crippen LogP contribution in [0.2, 0.25) is 5.02 Å². The minimum atomic E-state index is -0.849. The summed E-state index contributed by atoms with van der Waals surface area (Å²) in [4.78, 5) is 25.7. The number of carbonyl (C=O) groups is 2. The monoisotopic (exact) mass is 550 g/mol. The quantitative estimate of drug-likeness (QED) is 0.249. The molecule has 0 saturated heterocycles. The molecule has 4 aromatic rings. The molecule has 0 fully saturated rings. The Morgan fingerprint density at radius 3 is 2.49 bits per heavy atom. The van der Waals surface area contributed by atoms with Crippen molar-refractivity contribution in [2.75, 3.05) is 12.4 Å². The number of anilines is 1. The van der Waals surface area contributed by atoms with Gasteiger partial charge in [0.25, 0.3) is 5.91 Å². The summed E-state index contributed by atoms with van der Waals surface area (Å²) < 4.78 is 5.87. The van der Waals surface area contributed by atoms with Crippen molar-refractivity contribution >= 4 is 55.9 Å². The molecule has 0 aliphatic rings. The highest BCUT2D eigenvalue weighted by atomic mass is 79.9. The van der Waals surface area contributed by atoms with Crippen LogP contribution >= 0.6 is 27.5 Å². The van der Waals surface area contributed by atoms with Crippen molar-refractivity contribution in [3.8, 4) is 0 Å². The molecule has 5 nitrogen and oxygen atoms in total. The maximum absolute atomic E-state index is 13.3. The number of amides is 1. The molecule has 0 aromatic heterocycles. The molecule has 4 rings (SSSR count). The Kier molecular flexibility index (Phi) is 8.06. The molecule has 35 heavy (non-hydrogen) atoms. The van der Waals surface area contributed by atoms with E-state index in [1.807, 2.05) is 42.5 Å². The van der Waals surface area contributed by atoms with E-state index in [9.17, 15) is 9.59 Å². The van der Waals surface area contributed by atoms with E-state index in [1.54, 1.807) is 18.2 Å². The third-order valence-electron chi connectivity index (χ3n) is 5.72. The molecule has 0 saturated carbocycles. The maximum Gasteiger partial charge on any atom is 0.328 e. The average Bonchev–Trinajstić information content (AvgIpc) is 2.88. The zero-order valence-corrected chi connectivity index (χ0v) is 21.4. The molecule has 0 heterocycles. The highest BCUT2D eigenvalue weighted by molar-refractivity contribution is 9.10. The van der Waals surface area contributed by atoms with Gasteiger partial charge in [-0.25, -0.2) is 4.79 Å². The van der Waals surface area contributed by atoms with Crippen LogP contribution < -0.4 is 10.6 Å². The molecule has 0 bridgehead atoms. The number of carbonyl (C=O) groups excluding carboxylic acids is 2. The highest BCUT2D eigenvalue weighted by Gasteiger charge is 2.24. The van der Waals surface area contributed by atoms with Gasteiger partial charge in [0, 0.05) is 28.1 Å². The van der Waals surface area contributed by atoms with E-state index in [0.29, 0.717) is 29.2 Å². The third-order valence-corrected chi connectivity index (χ3v) is 6.48. The van der Waals surface area contributed by atoms with Crippen LogP contribution in [0, 0.1) is 0 Å². The zero-order chi connectivity index (χ0) is 24.8. The standard InChI is InChI=1S/C28H24BrClN2O3/c1-35-28(34)26(15-18-9-11-21(29)12-10-18)32-27(33)24-16-22(30)13-14-25(24)31-17-20-7-4-6-19-5-2-3-8-23(19)20/h2-14,16,26,31H,15,17H2,1H3,(H,32,33). The molecular formula is C28H24BrClN2O3. The van der Waals surface area contributed by atoms with E-state index in [1.165, 1.54) is 7.11 Å². The van der Waals surface area contributed by atoms with Crippen LogP contribution in [-0.2, 0) is 22.5 Å². The lowest BCUT2D eigenvalue weighted by molar-refractivity contribution is -0.142. The van der Waals surface area contributed by atoms with Gasteiger partial charge in [-0.15, -0.1) is 0 Å². The number of benzene rings is 4. The summed E-state index contributed by atoms with van der Waals surface area (Å²) in [7, 11) is 1.31. The molecule has 178 valence electrons. The first kappa shape index (κ1) is 24.8. The van der Waals surface area contributed by atoms with Crippen LogP contribution in [0.4, 0.5) is 5.69 Å². The van der Waals surface area contributed by atoms with E-state index in [2.05, 4.69) is 50.8 Å². The van der Waals surface area contributed by atoms with Gasteiger partial charge in [0.1, 0.15) is 6.04 Å². The van der Waals surface area contributed by atoms with Crippen molar-refractivity contribution < 1.29 is 14.3 Å². The Balaban J connectivity index is 1.55. The summed E-state index contributed by atoms with van der Waals surface area (Å²) in [6.45, 7) is 0.516. The fourth-order valence-electron chi connectivity index (χ4n) is 3.92. The van der Waals surface area contributed by atoms with Gasteiger partial charge in [-0.1, -0.05) is 82.1 Å². The summed E-state index contributed by atoms with van der Waals surface area (Å²) in [6, 6.07) is 26.1. The molecule has 7 heteroatoms. The van der Waals surface area contributed by atoms with Crippen LogP contribution in [0.3, 0.4) is 0 Å². The van der Waals surface area contributed by atoms with Crippen molar-refractivity contribution in [3.63, 3.8) is 0 Å². The van der Waals surface area contributed by atoms with Gasteiger partial charge in [0.2, 0.25) is 0 Å². The first-order valence-electron chi connectivity index (χ1n) is 11.1. The molecule has 0 aliphatic carbocycles. The van der Waals surface area contributed by atoms with Crippen molar-refractivity contribution in [1.29, 1.82) is 0 Å². The Bertz CT molecular complexity index is 1350. The number of ether oxygens (including phenoxy) is 1. The first-order valence-corrected chi connectivity index (χ1v) is 12.2. The predicted octanol–water partition coefficient (Wildman–Crippen LogP) is 6.38. The van der Waals surface area contributed by atoms with Gasteiger partial charge in [-0.2, -0.15) is 0 Å². The van der Waals surface area contributed by atoms with Gasteiger partial charge in [-0.3, -0.25) is 4.79 Å². The Morgan fingerprint density at radius 1 is 0.971 bits per heavy atom. The van der Waals surface area contributed by atoms with Crippen LogP contribution in [0.5, 0.6) is 0 Å². The first-order chi connectivity index (χ1) is 16.9. The van der Waals surface area contributed by atoms with E-state index in [-0.39, 0.29) is 0 Å². The molecule has 2 N–H and O–H groups in total. The molecule has 1 unspecified atom stereocenters. The van der Waals surface area contributed by atoms with Gasteiger partial charge >= 0.3 is 5.97 Å². The molecule has 1 atom stereocenters. The number of halogens is 2. The van der Waals surface area contributed by atoms with Gasteiger partial charge in [0.05, 0.1) is 12.7 Å². The molecular weight excluding hydrogens is 528 g/mol. The number of hydrogen-bond donors (Lipinski definition) is 2. The lowest BCUT2D eigenvalue weighted by Crippen LogP contribution is -2.43. The fourth-order valence-corrected chi connectivity index (χ4v) is 4.36. The van der Waals surface area contributed by atoms with Gasteiger partial charge < -0.3 is 15.4 Å². The normalized spacial score (nSPS) is 11.6. The van der Waals surface area contributed by atoms with E-state index < -0.39 is 17.9 Å². The smallest absolute Gasteiger partial charge is 0.328 e. The van der Waals surface area contributed by atoms with Crippen LogP contribution in [0.1, 0.15) is 21.5 Å². The summed E-state index contributed by atoms with van der Waals surface area (Å²) in [5.74, 6) is -0.936. The van der Waals surface area contributed by atoms with Crippen molar-refractivity contribution in [2.45, 2.75) is 19.0 Å². The average molecular weight is 552 g/mol. The van der Waals surface area contributed by atoms with Crippen molar-refractivity contribution in [2.24, 2.45) is 0 Å². The Hall–Kier alpha value is -3.35. The van der Waals surface area contributed by atoms with Gasteiger partial charge in [-0.05, 0) is 52.2 Å². The van der Waals surface area contributed by atoms with E-state index in [0.717, 1.165) is 26.4 Å². The van der Waals surface area contributed by atoms with Crippen LogP contribution in [0.15, 0.2) is 89.4 Å². The molecule has 4 aromatic carbocycles. The maximum atomic E-state index is 13.3. The molecule has 0 radical (unpaired) electrons. The summed E-state index contributed by atoms with van der Waals surface area (Å²) in [5, 5.41) is 8.89. The SMILES string of the molecule is COC(=O)C(Cc1ccc(Br)cc1)NC(=O)c1cc(Cl)ccc1NCc1cccc2ccccc12. The molecule has 0 aliphatic heterocycles. The Morgan fingerprint density at radius 2 is 1.71 bits per heavy atom. The summed E-state index contributed by atoms with van der Waals surface area (Å²) in [6.07, 6.45) is 0.297. The second kappa shape index (κ2) is 11.4. The van der Waals surface area contributed by atoms with Crippen molar-refractivity contribution in [3.05, 3.63) is 111 Å². The summed E-state index contributed by atoms with van der Waals surface area (Å²) in [5.41, 5.74) is 2.96. The van der Waals surface area contributed by atoms with Gasteiger partial charge in [0.15, 0.2) is 0 Å². The largest absolute Gasteiger partial charge is 0.467 e. The highest BCUT2D eigenvalue weighted by Crippen LogP contribution is 2.24. The lowest BCUT2D eigenvalue weighted by atomic mass is 10.0. The number of rotatable bonds is 8. The minimum absolute atomic E-state index is 0.297. The predicted molar refractivity (Wildman–Crippen MR) is 144 cm³/mol. The number of hydrogen-bond acceptors (Lipinski definition) is 4. The summed E-state index contributed by atoms with van der Waals surface area (Å²) >= 11 is 9.63. The van der Waals surface area contributed by atoms with Crippen molar-refractivity contribution in [1.82, 2.24) is 5.32 Å². The number of esters is 1. The molecule has 1 amide bonds. The Labute approximate surface area is 217 Å². The fraction of sp³-hybridized carbons (Fsp3) is 0.143. The second-order valence-corrected chi connectivity index (χ2v) is 9.41. The second-order valence-electron chi connectivity index (χ2n) is 8.06. The minimum Gasteiger partial charge on any atom is -0.467 e. The van der Waals surface area contributed by atoms with Crippen LogP contribution in [0.25, 0.3) is 10.8 Å². The van der Waals surface area contributed by atoms with Crippen LogP contribution in [-0.4, -0.2) is 25.0 Å². The topological polar surface area (TPSA) is 67.4 Å². The van der Waals surface area contributed by atoms with E-state index >= 15 is 0 Å².